The van der Waals surface area contributed by atoms with E-state index in [1.54, 1.807) is 16.4 Å². The zero-order valence-electron chi connectivity index (χ0n) is 13.5. The lowest BCUT2D eigenvalue weighted by molar-refractivity contribution is 0.744. The summed E-state index contributed by atoms with van der Waals surface area (Å²) in [6.07, 6.45) is 1.86. The fourth-order valence-corrected chi connectivity index (χ4v) is 3.29. The molecule has 6 heteroatoms. The van der Waals surface area contributed by atoms with Crippen molar-refractivity contribution in [3.8, 4) is 0 Å². The van der Waals surface area contributed by atoms with Gasteiger partial charge in [-0.2, -0.15) is 9.78 Å². The first-order valence-corrected chi connectivity index (χ1v) is 9.30. The summed E-state index contributed by atoms with van der Waals surface area (Å²) < 4.78 is 2.87. The second kappa shape index (κ2) is 7.77. The number of hydrogen-bond donors (Lipinski definition) is 0. The standard InChI is InChI=1S/C18H17BrN4S/c1-13-5-3-4-6-16(13)11-20-23-14(2)21-22-18(23)24-12-15-7-9-17(19)10-8-15/h3-11H,12H2,1-2H3/b20-11+. The molecule has 0 saturated heterocycles. The molecular formula is C18H17BrN4S. The van der Waals surface area contributed by atoms with Gasteiger partial charge in [-0.3, -0.25) is 0 Å². The van der Waals surface area contributed by atoms with Gasteiger partial charge in [0, 0.05) is 10.2 Å². The molecule has 0 bridgehead atoms. The Bertz CT molecular complexity index is 856. The van der Waals surface area contributed by atoms with Crippen molar-refractivity contribution in [2.24, 2.45) is 5.10 Å². The third-order valence-corrected chi connectivity index (χ3v) is 5.07. The fraction of sp³-hybridized carbons (Fsp3) is 0.167. The summed E-state index contributed by atoms with van der Waals surface area (Å²) in [5, 5.41) is 13.7. The maximum absolute atomic E-state index is 4.56. The molecule has 0 atom stereocenters. The molecule has 0 saturated carbocycles. The van der Waals surface area contributed by atoms with E-state index in [1.807, 2.05) is 43.5 Å². The molecule has 0 N–H and O–H groups in total. The first-order valence-electron chi connectivity index (χ1n) is 7.53. The molecule has 24 heavy (non-hydrogen) atoms. The van der Waals surface area contributed by atoms with E-state index < -0.39 is 0 Å². The quantitative estimate of drug-likeness (QED) is 0.454. The molecule has 0 spiro atoms. The molecule has 0 amide bonds. The highest BCUT2D eigenvalue weighted by Gasteiger charge is 2.09. The molecule has 122 valence electrons. The van der Waals surface area contributed by atoms with Crippen molar-refractivity contribution in [1.82, 2.24) is 14.9 Å². The zero-order chi connectivity index (χ0) is 16.9. The number of hydrogen-bond acceptors (Lipinski definition) is 4. The van der Waals surface area contributed by atoms with Crippen LogP contribution in [0.15, 0.2) is 63.3 Å². The molecule has 1 aromatic heterocycles. The smallest absolute Gasteiger partial charge is 0.192 e. The molecule has 4 nitrogen and oxygen atoms in total. The van der Waals surface area contributed by atoms with Crippen molar-refractivity contribution < 1.29 is 0 Å². The van der Waals surface area contributed by atoms with Gasteiger partial charge < -0.3 is 0 Å². The zero-order valence-corrected chi connectivity index (χ0v) is 15.9. The first kappa shape index (κ1) is 16.9. The van der Waals surface area contributed by atoms with E-state index in [1.165, 1.54) is 11.1 Å². The van der Waals surface area contributed by atoms with E-state index in [9.17, 15) is 0 Å². The van der Waals surface area contributed by atoms with E-state index in [0.717, 1.165) is 26.8 Å². The molecule has 0 aliphatic rings. The average Bonchev–Trinajstić information content (AvgIpc) is 2.94. The summed E-state index contributed by atoms with van der Waals surface area (Å²) in [5.74, 6) is 1.60. The van der Waals surface area contributed by atoms with Crippen LogP contribution in [0.25, 0.3) is 0 Å². The van der Waals surface area contributed by atoms with Gasteiger partial charge in [0.15, 0.2) is 5.82 Å². The fourth-order valence-electron chi connectivity index (χ4n) is 2.14. The monoisotopic (exact) mass is 400 g/mol. The SMILES string of the molecule is Cc1ccccc1/C=N/n1c(C)nnc1SCc1ccc(Br)cc1. The van der Waals surface area contributed by atoms with Gasteiger partial charge in [0.05, 0.1) is 6.21 Å². The Morgan fingerprint density at radius 3 is 2.58 bits per heavy atom. The maximum Gasteiger partial charge on any atom is 0.212 e. The van der Waals surface area contributed by atoms with E-state index in [0.29, 0.717) is 0 Å². The number of nitrogens with zero attached hydrogens (tertiary/aromatic N) is 4. The first-order chi connectivity index (χ1) is 11.6. The molecule has 0 radical (unpaired) electrons. The number of aryl methyl sites for hydroxylation is 2. The summed E-state index contributed by atoms with van der Waals surface area (Å²) in [6.45, 7) is 3.98. The molecule has 2 aromatic carbocycles. The van der Waals surface area contributed by atoms with Crippen molar-refractivity contribution in [3.63, 3.8) is 0 Å². The normalized spacial score (nSPS) is 11.3. The highest BCUT2D eigenvalue weighted by atomic mass is 79.9. The summed E-state index contributed by atoms with van der Waals surface area (Å²) in [5.41, 5.74) is 3.52. The van der Waals surface area contributed by atoms with Gasteiger partial charge in [-0.05, 0) is 42.7 Å². The Balaban J connectivity index is 1.76. The molecule has 1 heterocycles. The van der Waals surface area contributed by atoms with Crippen LogP contribution in [0.1, 0.15) is 22.5 Å². The van der Waals surface area contributed by atoms with E-state index in [2.05, 4.69) is 56.4 Å². The third-order valence-electron chi connectivity index (χ3n) is 3.55. The van der Waals surface area contributed by atoms with Crippen LogP contribution < -0.4 is 0 Å². The van der Waals surface area contributed by atoms with Gasteiger partial charge in [-0.15, -0.1) is 10.2 Å². The summed E-state index contributed by atoms with van der Waals surface area (Å²) in [4.78, 5) is 0. The molecule has 0 unspecified atom stereocenters. The molecular weight excluding hydrogens is 384 g/mol. The van der Waals surface area contributed by atoms with Crippen LogP contribution >= 0.6 is 27.7 Å². The van der Waals surface area contributed by atoms with Crippen LogP contribution in [0.3, 0.4) is 0 Å². The average molecular weight is 401 g/mol. The van der Waals surface area contributed by atoms with Crippen LogP contribution in [0.2, 0.25) is 0 Å². The van der Waals surface area contributed by atoms with E-state index in [4.69, 9.17) is 0 Å². The largest absolute Gasteiger partial charge is 0.212 e. The van der Waals surface area contributed by atoms with Crippen molar-refractivity contribution in [3.05, 3.63) is 75.5 Å². The molecule has 3 aromatic rings. The second-order valence-electron chi connectivity index (χ2n) is 5.36. The van der Waals surface area contributed by atoms with Gasteiger partial charge in [0.25, 0.3) is 0 Å². The Hall–Kier alpha value is -1.92. The van der Waals surface area contributed by atoms with Crippen molar-refractivity contribution in [1.29, 1.82) is 0 Å². The highest BCUT2D eigenvalue weighted by molar-refractivity contribution is 9.10. The Kier molecular flexibility index (Phi) is 5.48. The van der Waals surface area contributed by atoms with Gasteiger partial charge in [0.1, 0.15) is 0 Å². The number of rotatable bonds is 5. The lowest BCUT2D eigenvalue weighted by Crippen LogP contribution is -1.97. The van der Waals surface area contributed by atoms with Crippen molar-refractivity contribution >= 4 is 33.9 Å². The minimum Gasteiger partial charge on any atom is -0.192 e. The Labute approximate surface area is 154 Å². The molecule has 0 aliphatic heterocycles. The lowest BCUT2D eigenvalue weighted by atomic mass is 10.1. The van der Waals surface area contributed by atoms with Crippen LogP contribution in [0.4, 0.5) is 0 Å². The minimum absolute atomic E-state index is 0.776. The van der Waals surface area contributed by atoms with Crippen molar-refractivity contribution in [2.75, 3.05) is 0 Å². The molecule has 0 fully saturated rings. The predicted octanol–water partition coefficient (Wildman–Crippen LogP) is 4.83. The number of thioether (sulfide) groups is 1. The molecule has 3 rings (SSSR count). The van der Waals surface area contributed by atoms with Crippen LogP contribution in [0.5, 0.6) is 0 Å². The van der Waals surface area contributed by atoms with Gasteiger partial charge in [-0.25, -0.2) is 0 Å². The van der Waals surface area contributed by atoms with E-state index >= 15 is 0 Å². The predicted molar refractivity (Wildman–Crippen MR) is 103 cm³/mol. The number of benzene rings is 2. The van der Waals surface area contributed by atoms with Crippen LogP contribution in [-0.4, -0.2) is 21.1 Å². The summed E-state index contributed by atoms with van der Waals surface area (Å²) >= 11 is 5.08. The van der Waals surface area contributed by atoms with Crippen LogP contribution in [-0.2, 0) is 5.75 Å². The number of halogens is 1. The highest BCUT2D eigenvalue weighted by Crippen LogP contribution is 2.23. The Morgan fingerprint density at radius 2 is 1.83 bits per heavy atom. The topological polar surface area (TPSA) is 43.1 Å². The maximum atomic E-state index is 4.56. The summed E-state index contributed by atoms with van der Waals surface area (Å²) in [7, 11) is 0. The lowest BCUT2D eigenvalue weighted by Gasteiger charge is -2.03. The Morgan fingerprint density at radius 1 is 1.08 bits per heavy atom. The molecule has 0 aliphatic carbocycles. The van der Waals surface area contributed by atoms with Crippen molar-refractivity contribution in [2.45, 2.75) is 24.8 Å². The van der Waals surface area contributed by atoms with E-state index in [-0.39, 0.29) is 0 Å². The van der Waals surface area contributed by atoms with Gasteiger partial charge in [0.2, 0.25) is 5.16 Å². The minimum atomic E-state index is 0.776. The summed E-state index contributed by atoms with van der Waals surface area (Å²) in [6, 6.07) is 16.4. The van der Waals surface area contributed by atoms with Crippen LogP contribution in [0, 0.1) is 13.8 Å². The number of aromatic nitrogens is 3. The second-order valence-corrected chi connectivity index (χ2v) is 7.22. The van der Waals surface area contributed by atoms with Gasteiger partial charge in [-0.1, -0.05) is 64.1 Å². The van der Waals surface area contributed by atoms with Gasteiger partial charge >= 0.3 is 0 Å². The third kappa shape index (κ3) is 4.13.